The molecule has 6 heteroatoms. The first-order valence-electron chi connectivity index (χ1n) is 7.38. The van der Waals surface area contributed by atoms with Crippen molar-refractivity contribution in [3.05, 3.63) is 33.2 Å². The average Bonchev–Trinajstić information content (AvgIpc) is 2.47. The number of nitrogens with one attached hydrogen (secondary N) is 1. The number of carbonyl (C=O) groups excluding carboxylic acids is 1. The fourth-order valence-corrected chi connectivity index (χ4v) is 2.88. The van der Waals surface area contributed by atoms with E-state index in [2.05, 4.69) is 0 Å². The van der Waals surface area contributed by atoms with Gasteiger partial charge in [0.1, 0.15) is 5.56 Å². The number of ether oxygens (including phenoxy) is 1. The molecular formula is C15H22N2O4. The van der Waals surface area contributed by atoms with Gasteiger partial charge in [-0.25, -0.2) is 5.48 Å². The Morgan fingerprint density at radius 1 is 1.33 bits per heavy atom. The molecule has 1 aromatic rings. The third kappa shape index (κ3) is 3.51. The Morgan fingerprint density at radius 2 is 2.05 bits per heavy atom. The summed E-state index contributed by atoms with van der Waals surface area (Å²) < 4.78 is 6.70. The van der Waals surface area contributed by atoms with Crippen molar-refractivity contribution < 1.29 is 14.7 Å². The van der Waals surface area contributed by atoms with Crippen molar-refractivity contribution in [3.8, 4) is 0 Å². The monoisotopic (exact) mass is 294 g/mol. The van der Waals surface area contributed by atoms with E-state index < -0.39 is 5.91 Å². The van der Waals surface area contributed by atoms with Gasteiger partial charge in [-0.2, -0.15) is 0 Å². The van der Waals surface area contributed by atoms with Crippen LogP contribution >= 0.6 is 0 Å². The van der Waals surface area contributed by atoms with Crippen molar-refractivity contribution in [3.63, 3.8) is 0 Å². The highest BCUT2D eigenvalue weighted by atomic mass is 16.5. The lowest BCUT2D eigenvalue weighted by molar-refractivity contribution is 0.0703. The summed E-state index contributed by atoms with van der Waals surface area (Å²) in [5, 5.41) is 8.81. The van der Waals surface area contributed by atoms with Gasteiger partial charge in [0.05, 0.1) is 6.61 Å². The predicted molar refractivity (Wildman–Crippen MR) is 77.7 cm³/mol. The van der Waals surface area contributed by atoms with E-state index in [-0.39, 0.29) is 11.1 Å². The standard InChI is InChI=1S/C15H22N2O4/c1-21-9-8-17-13-7-5-3-2-4-6-11(13)10-12(15(17)19)14(18)16-20/h10,20H,2-9H2,1H3,(H,16,18). The lowest BCUT2D eigenvalue weighted by atomic mass is 9.95. The van der Waals surface area contributed by atoms with Gasteiger partial charge in [-0.3, -0.25) is 14.8 Å². The van der Waals surface area contributed by atoms with Crippen molar-refractivity contribution in [1.29, 1.82) is 0 Å². The van der Waals surface area contributed by atoms with Crippen LogP contribution in [0.2, 0.25) is 0 Å². The average molecular weight is 294 g/mol. The fraction of sp³-hybridized carbons (Fsp3) is 0.600. The zero-order valence-electron chi connectivity index (χ0n) is 12.4. The molecule has 0 bridgehead atoms. The first kappa shape index (κ1) is 15.7. The number of aryl methyl sites for hydroxylation is 1. The SMILES string of the molecule is COCCn1c2c(cc(C(=O)NO)c1=O)CCCCCC2. The summed E-state index contributed by atoms with van der Waals surface area (Å²) in [6.07, 6.45) is 6.12. The van der Waals surface area contributed by atoms with Crippen LogP contribution in [0, 0.1) is 0 Å². The molecule has 21 heavy (non-hydrogen) atoms. The van der Waals surface area contributed by atoms with E-state index >= 15 is 0 Å². The minimum Gasteiger partial charge on any atom is -0.383 e. The number of nitrogens with zero attached hydrogens (tertiary/aromatic N) is 1. The van der Waals surface area contributed by atoms with E-state index in [1.807, 2.05) is 0 Å². The van der Waals surface area contributed by atoms with Gasteiger partial charge in [-0.05, 0) is 37.3 Å². The van der Waals surface area contributed by atoms with E-state index in [1.165, 1.54) is 0 Å². The molecule has 0 radical (unpaired) electrons. The number of fused-ring (bicyclic) bond motifs is 1. The van der Waals surface area contributed by atoms with E-state index in [4.69, 9.17) is 9.94 Å². The number of hydroxylamine groups is 1. The largest absolute Gasteiger partial charge is 0.383 e. The van der Waals surface area contributed by atoms with Crippen molar-refractivity contribution >= 4 is 5.91 Å². The summed E-state index contributed by atoms with van der Waals surface area (Å²) in [6.45, 7) is 0.834. The molecule has 1 aliphatic carbocycles. The van der Waals surface area contributed by atoms with Crippen LogP contribution in [0.5, 0.6) is 0 Å². The molecule has 1 aromatic heterocycles. The van der Waals surface area contributed by atoms with Crippen molar-refractivity contribution in [2.24, 2.45) is 0 Å². The topological polar surface area (TPSA) is 80.6 Å². The normalized spacial score (nSPS) is 15.0. The fourth-order valence-electron chi connectivity index (χ4n) is 2.88. The lowest BCUT2D eigenvalue weighted by Crippen LogP contribution is -2.35. The molecular weight excluding hydrogens is 272 g/mol. The Morgan fingerprint density at radius 3 is 2.71 bits per heavy atom. The van der Waals surface area contributed by atoms with E-state index in [0.29, 0.717) is 13.2 Å². The third-order valence-corrected chi connectivity index (χ3v) is 3.97. The molecule has 2 N–H and O–H groups in total. The minimum atomic E-state index is -0.754. The second-order valence-electron chi connectivity index (χ2n) is 5.33. The Hall–Kier alpha value is -1.66. The van der Waals surface area contributed by atoms with Crippen molar-refractivity contribution in [2.45, 2.75) is 45.1 Å². The number of carbonyl (C=O) groups is 1. The summed E-state index contributed by atoms with van der Waals surface area (Å²) in [6, 6.07) is 1.64. The Bertz CT molecular complexity index is 566. The summed E-state index contributed by atoms with van der Waals surface area (Å²) in [5.41, 5.74) is 3.22. The van der Waals surface area contributed by atoms with E-state index in [0.717, 1.165) is 49.8 Å². The highest BCUT2D eigenvalue weighted by molar-refractivity contribution is 5.93. The van der Waals surface area contributed by atoms with E-state index in [1.54, 1.807) is 23.2 Å². The summed E-state index contributed by atoms with van der Waals surface area (Å²) in [4.78, 5) is 24.2. The molecule has 0 saturated heterocycles. The number of pyridine rings is 1. The highest BCUT2D eigenvalue weighted by Gasteiger charge is 2.19. The van der Waals surface area contributed by atoms with E-state index in [9.17, 15) is 9.59 Å². The van der Waals surface area contributed by atoms with Gasteiger partial charge in [0.2, 0.25) is 0 Å². The van der Waals surface area contributed by atoms with Gasteiger partial charge >= 0.3 is 0 Å². The number of rotatable bonds is 4. The third-order valence-electron chi connectivity index (χ3n) is 3.97. The number of hydrogen-bond acceptors (Lipinski definition) is 4. The zero-order valence-corrected chi connectivity index (χ0v) is 12.4. The van der Waals surface area contributed by atoms with Crippen LogP contribution in [-0.2, 0) is 24.1 Å². The number of methoxy groups -OCH3 is 1. The molecule has 0 fully saturated rings. The van der Waals surface area contributed by atoms with Gasteiger partial charge in [-0.1, -0.05) is 12.8 Å². The van der Waals surface area contributed by atoms with Crippen LogP contribution in [0.25, 0.3) is 0 Å². The Labute approximate surface area is 123 Å². The molecule has 0 unspecified atom stereocenters. The molecule has 6 nitrogen and oxygen atoms in total. The zero-order chi connectivity index (χ0) is 15.2. The predicted octanol–water partition coefficient (Wildman–Crippen LogP) is 1.27. The maximum atomic E-state index is 12.5. The van der Waals surface area contributed by atoms with Crippen LogP contribution in [0.1, 0.15) is 47.3 Å². The molecule has 116 valence electrons. The van der Waals surface area contributed by atoms with Crippen LogP contribution in [-0.4, -0.2) is 29.4 Å². The van der Waals surface area contributed by atoms with Gasteiger partial charge in [0.15, 0.2) is 0 Å². The first-order valence-corrected chi connectivity index (χ1v) is 7.38. The van der Waals surface area contributed by atoms with Gasteiger partial charge < -0.3 is 9.30 Å². The first-order chi connectivity index (χ1) is 10.2. The Balaban J connectivity index is 2.54. The van der Waals surface area contributed by atoms with Gasteiger partial charge in [0.25, 0.3) is 11.5 Å². The lowest BCUT2D eigenvalue weighted by Gasteiger charge is -2.20. The summed E-state index contributed by atoms with van der Waals surface area (Å²) in [5.74, 6) is -0.754. The summed E-state index contributed by atoms with van der Waals surface area (Å²) in [7, 11) is 1.58. The second kappa shape index (κ2) is 7.38. The molecule has 0 aliphatic heterocycles. The molecule has 0 atom stereocenters. The molecule has 2 rings (SSSR count). The highest BCUT2D eigenvalue weighted by Crippen LogP contribution is 2.20. The quantitative estimate of drug-likeness (QED) is 0.647. The molecule has 0 aromatic carbocycles. The second-order valence-corrected chi connectivity index (χ2v) is 5.33. The van der Waals surface area contributed by atoms with Gasteiger partial charge in [0, 0.05) is 19.3 Å². The number of amides is 1. The molecule has 1 amide bonds. The number of hydrogen-bond donors (Lipinski definition) is 2. The number of aromatic nitrogens is 1. The molecule has 0 saturated carbocycles. The van der Waals surface area contributed by atoms with Gasteiger partial charge in [-0.15, -0.1) is 0 Å². The minimum absolute atomic E-state index is 0.00655. The van der Waals surface area contributed by atoms with Crippen LogP contribution in [0.3, 0.4) is 0 Å². The van der Waals surface area contributed by atoms with Crippen LogP contribution in [0.15, 0.2) is 10.9 Å². The molecule has 1 aliphatic rings. The maximum Gasteiger partial charge on any atom is 0.280 e. The maximum absolute atomic E-state index is 12.5. The van der Waals surface area contributed by atoms with Crippen LogP contribution < -0.4 is 11.0 Å². The van der Waals surface area contributed by atoms with Crippen molar-refractivity contribution in [1.82, 2.24) is 10.0 Å². The summed E-state index contributed by atoms with van der Waals surface area (Å²) >= 11 is 0. The Kier molecular flexibility index (Phi) is 5.52. The molecule has 1 heterocycles. The molecule has 0 spiro atoms. The van der Waals surface area contributed by atoms with Crippen molar-refractivity contribution in [2.75, 3.05) is 13.7 Å². The smallest absolute Gasteiger partial charge is 0.280 e. The van der Waals surface area contributed by atoms with Crippen LogP contribution in [0.4, 0.5) is 0 Å².